The fourth-order valence-corrected chi connectivity index (χ4v) is 2.17. The van der Waals surface area contributed by atoms with E-state index in [1.54, 1.807) is 19.2 Å². The molecular weight excluding hydrogens is 308 g/mol. The lowest BCUT2D eigenvalue weighted by Gasteiger charge is -2.08. The van der Waals surface area contributed by atoms with Crippen LogP contribution in [0.25, 0.3) is 11.4 Å². The lowest BCUT2D eigenvalue weighted by Crippen LogP contribution is -2.09. The third kappa shape index (κ3) is 3.00. The number of nitriles is 1. The number of alkyl halides is 1. The van der Waals surface area contributed by atoms with Gasteiger partial charge in [-0.05, 0) is 24.3 Å². The molecule has 0 unspecified atom stereocenters. The molecule has 2 aromatic rings. The van der Waals surface area contributed by atoms with Crippen LogP contribution in [0.1, 0.15) is 11.4 Å². The first kappa shape index (κ1) is 13.7. The van der Waals surface area contributed by atoms with Gasteiger partial charge < -0.3 is 9.30 Å². The monoisotopic (exact) mass is 320 g/mol. The van der Waals surface area contributed by atoms with Crippen molar-refractivity contribution in [2.45, 2.75) is 11.9 Å². The molecule has 6 heteroatoms. The van der Waals surface area contributed by atoms with Crippen molar-refractivity contribution in [2.24, 2.45) is 0 Å². The SMILES string of the molecule is COCCn1c(CBr)nnc1-c1ccc(C#N)cc1. The number of benzene rings is 1. The van der Waals surface area contributed by atoms with E-state index in [1.165, 1.54) is 0 Å². The topological polar surface area (TPSA) is 63.7 Å². The molecule has 19 heavy (non-hydrogen) atoms. The molecule has 0 saturated carbocycles. The van der Waals surface area contributed by atoms with Gasteiger partial charge in [0.25, 0.3) is 0 Å². The largest absolute Gasteiger partial charge is 0.383 e. The zero-order valence-electron chi connectivity index (χ0n) is 10.5. The Hall–Kier alpha value is -1.71. The Morgan fingerprint density at radius 3 is 2.63 bits per heavy atom. The molecule has 0 aliphatic rings. The first-order valence-corrected chi connectivity index (χ1v) is 6.89. The van der Waals surface area contributed by atoms with E-state index in [1.807, 2.05) is 16.7 Å². The van der Waals surface area contributed by atoms with Gasteiger partial charge in [0.2, 0.25) is 0 Å². The Labute approximate surface area is 120 Å². The second-order valence-corrected chi connectivity index (χ2v) is 4.47. The molecule has 0 aliphatic heterocycles. The van der Waals surface area contributed by atoms with Crippen LogP contribution >= 0.6 is 15.9 Å². The van der Waals surface area contributed by atoms with Gasteiger partial charge in [0.05, 0.1) is 23.6 Å². The lowest BCUT2D eigenvalue weighted by atomic mass is 10.1. The van der Waals surface area contributed by atoms with Gasteiger partial charge in [-0.25, -0.2) is 0 Å². The Kier molecular flexibility index (Phi) is 4.66. The fraction of sp³-hybridized carbons (Fsp3) is 0.308. The molecule has 1 aromatic carbocycles. The number of methoxy groups -OCH3 is 1. The highest BCUT2D eigenvalue weighted by molar-refractivity contribution is 9.08. The van der Waals surface area contributed by atoms with E-state index in [0.717, 1.165) is 17.2 Å². The van der Waals surface area contributed by atoms with Gasteiger partial charge in [-0.1, -0.05) is 15.9 Å². The van der Waals surface area contributed by atoms with Crippen molar-refractivity contribution in [1.29, 1.82) is 5.26 Å². The molecule has 98 valence electrons. The van der Waals surface area contributed by atoms with Crippen LogP contribution in [0.4, 0.5) is 0 Å². The van der Waals surface area contributed by atoms with Gasteiger partial charge in [-0.3, -0.25) is 0 Å². The van der Waals surface area contributed by atoms with Gasteiger partial charge in [-0.2, -0.15) is 5.26 Å². The van der Waals surface area contributed by atoms with E-state index < -0.39 is 0 Å². The van der Waals surface area contributed by atoms with Crippen LogP contribution in [0.15, 0.2) is 24.3 Å². The summed E-state index contributed by atoms with van der Waals surface area (Å²) < 4.78 is 7.12. The molecule has 0 saturated heterocycles. The number of hydrogen-bond acceptors (Lipinski definition) is 4. The molecule has 0 amide bonds. The van der Waals surface area contributed by atoms with E-state index in [4.69, 9.17) is 10.00 Å². The summed E-state index contributed by atoms with van der Waals surface area (Å²) in [5.41, 5.74) is 1.57. The smallest absolute Gasteiger partial charge is 0.164 e. The molecule has 0 radical (unpaired) electrons. The summed E-state index contributed by atoms with van der Waals surface area (Å²) in [6.45, 7) is 1.29. The van der Waals surface area contributed by atoms with Gasteiger partial charge in [0.15, 0.2) is 5.82 Å². The minimum Gasteiger partial charge on any atom is -0.383 e. The van der Waals surface area contributed by atoms with E-state index in [-0.39, 0.29) is 0 Å². The summed E-state index contributed by atoms with van der Waals surface area (Å²) in [6.07, 6.45) is 0. The first-order valence-electron chi connectivity index (χ1n) is 5.77. The summed E-state index contributed by atoms with van der Waals surface area (Å²) in [6, 6.07) is 9.41. The Morgan fingerprint density at radius 1 is 1.32 bits per heavy atom. The second kappa shape index (κ2) is 6.45. The highest BCUT2D eigenvalue weighted by atomic mass is 79.9. The van der Waals surface area contributed by atoms with E-state index in [0.29, 0.717) is 24.0 Å². The maximum atomic E-state index is 8.81. The van der Waals surface area contributed by atoms with Gasteiger partial charge >= 0.3 is 0 Å². The quantitative estimate of drug-likeness (QED) is 0.793. The van der Waals surface area contributed by atoms with Gasteiger partial charge in [0, 0.05) is 19.2 Å². The van der Waals surface area contributed by atoms with Crippen LogP contribution in [0.3, 0.4) is 0 Å². The van der Waals surface area contributed by atoms with E-state index >= 15 is 0 Å². The van der Waals surface area contributed by atoms with Crippen LogP contribution in [0.5, 0.6) is 0 Å². The standard InChI is InChI=1S/C13H13BrN4O/c1-19-7-6-18-12(8-14)16-17-13(18)11-4-2-10(9-15)3-5-11/h2-5H,6-8H2,1H3. The van der Waals surface area contributed by atoms with Crippen LogP contribution in [-0.4, -0.2) is 28.5 Å². The molecular formula is C13H13BrN4O. The molecule has 2 rings (SSSR count). The summed E-state index contributed by atoms with van der Waals surface area (Å²) in [5, 5.41) is 17.8. The van der Waals surface area contributed by atoms with Crippen molar-refractivity contribution in [1.82, 2.24) is 14.8 Å². The Bertz CT molecular complexity index is 586. The minimum atomic E-state index is 0.599. The molecule has 0 fully saturated rings. The van der Waals surface area contributed by atoms with Crippen molar-refractivity contribution >= 4 is 15.9 Å². The van der Waals surface area contributed by atoms with Crippen molar-refractivity contribution in [2.75, 3.05) is 13.7 Å². The summed E-state index contributed by atoms with van der Waals surface area (Å²) in [5.74, 6) is 1.65. The first-order chi connectivity index (χ1) is 9.30. The zero-order valence-corrected chi connectivity index (χ0v) is 12.1. The Morgan fingerprint density at radius 2 is 2.05 bits per heavy atom. The van der Waals surface area contributed by atoms with Crippen LogP contribution in [0, 0.1) is 11.3 Å². The Balaban J connectivity index is 2.37. The molecule has 0 bridgehead atoms. The molecule has 5 nitrogen and oxygen atoms in total. The van der Waals surface area contributed by atoms with E-state index in [9.17, 15) is 0 Å². The fourth-order valence-electron chi connectivity index (χ4n) is 1.76. The third-order valence-corrected chi connectivity index (χ3v) is 3.24. The molecule has 1 heterocycles. The molecule has 0 N–H and O–H groups in total. The predicted molar refractivity (Wildman–Crippen MR) is 74.7 cm³/mol. The molecule has 0 aliphatic carbocycles. The third-order valence-electron chi connectivity index (χ3n) is 2.74. The van der Waals surface area contributed by atoms with Crippen molar-refractivity contribution in [3.8, 4) is 17.5 Å². The number of halogens is 1. The number of ether oxygens (including phenoxy) is 1. The molecule has 1 aromatic heterocycles. The minimum absolute atomic E-state index is 0.599. The summed E-state index contributed by atoms with van der Waals surface area (Å²) in [7, 11) is 1.67. The van der Waals surface area contributed by atoms with Crippen LogP contribution < -0.4 is 0 Å². The molecule has 0 atom stereocenters. The van der Waals surface area contributed by atoms with Crippen LogP contribution in [0.2, 0.25) is 0 Å². The van der Waals surface area contributed by atoms with Crippen molar-refractivity contribution < 1.29 is 4.74 Å². The van der Waals surface area contributed by atoms with Gasteiger partial charge in [-0.15, -0.1) is 10.2 Å². The van der Waals surface area contributed by atoms with Crippen molar-refractivity contribution in [3.05, 3.63) is 35.7 Å². The average Bonchev–Trinajstić information content (AvgIpc) is 2.88. The zero-order chi connectivity index (χ0) is 13.7. The lowest BCUT2D eigenvalue weighted by molar-refractivity contribution is 0.187. The van der Waals surface area contributed by atoms with Gasteiger partial charge in [0.1, 0.15) is 5.82 Å². The number of aromatic nitrogens is 3. The predicted octanol–water partition coefficient (Wildman–Crippen LogP) is 2.36. The highest BCUT2D eigenvalue weighted by Gasteiger charge is 2.12. The van der Waals surface area contributed by atoms with E-state index in [2.05, 4.69) is 32.2 Å². The molecule has 0 spiro atoms. The second-order valence-electron chi connectivity index (χ2n) is 3.91. The summed E-state index contributed by atoms with van der Waals surface area (Å²) in [4.78, 5) is 0. The normalized spacial score (nSPS) is 10.4. The number of rotatable bonds is 5. The van der Waals surface area contributed by atoms with Crippen LogP contribution in [-0.2, 0) is 16.6 Å². The highest BCUT2D eigenvalue weighted by Crippen LogP contribution is 2.20. The maximum Gasteiger partial charge on any atom is 0.164 e. The number of hydrogen-bond donors (Lipinski definition) is 0. The maximum absolute atomic E-state index is 8.81. The summed E-state index contributed by atoms with van der Waals surface area (Å²) >= 11 is 3.40. The average molecular weight is 321 g/mol. The van der Waals surface area contributed by atoms with Crippen molar-refractivity contribution in [3.63, 3.8) is 0 Å². The number of nitrogens with zero attached hydrogens (tertiary/aromatic N) is 4.